The van der Waals surface area contributed by atoms with Gasteiger partial charge in [-0.1, -0.05) is 12.8 Å². The summed E-state index contributed by atoms with van der Waals surface area (Å²) in [7, 11) is 0. The first kappa shape index (κ1) is 14.4. The van der Waals surface area contributed by atoms with Crippen LogP contribution in [0.15, 0.2) is 12.3 Å². The molecule has 7 heteroatoms. The molecule has 1 amide bonds. The van der Waals surface area contributed by atoms with Gasteiger partial charge in [0.15, 0.2) is 0 Å². The quantitative estimate of drug-likeness (QED) is 0.888. The van der Waals surface area contributed by atoms with E-state index in [4.69, 9.17) is 0 Å². The fourth-order valence-electron chi connectivity index (χ4n) is 3.05. The summed E-state index contributed by atoms with van der Waals surface area (Å²) in [6.07, 6.45) is 6.26. The molecule has 2 fully saturated rings. The van der Waals surface area contributed by atoms with Crippen molar-refractivity contribution in [1.29, 1.82) is 0 Å². The van der Waals surface area contributed by atoms with Crippen LogP contribution in [0.2, 0.25) is 0 Å². The van der Waals surface area contributed by atoms with Gasteiger partial charge in [-0.3, -0.25) is 14.8 Å². The van der Waals surface area contributed by atoms with Crippen molar-refractivity contribution in [2.45, 2.75) is 56.7 Å². The number of alkyl halides is 2. The van der Waals surface area contributed by atoms with Crippen molar-refractivity contribution in [3.8, 4) is 0 Å². The first-order chi connectivity index (χ1) is 10.0. The Balaban J connectivity index is 1.50. The van der Waals surface area contributed by atoms with Crippen LogP contribution in [-0.2, 0) is 11.3 Å². The van der Waals surface area contributed by atoms with E-state index in [2.05, 4.69) is 15.7 Å². The molecule has 1 aromatic rings. The lowest BCUT2D eigenvalue weighted by Gasteiger charge is -2.11. The highest BCUT2D eigenvalue weighted by Crippen LogP contribution is 2.28. The van der Waals surface area contributed by atoms with Gasteiger partial charge in [0.1, 0.15) is 0 Å². The predicted octanol–water partition coefficient (Wildman–Crippen LogP) is 1.61. The number of aromatic nitrogens is 2. The molecular weight excluding hydrogens is 278 g/mol. The number of nitrogens with zero attached hydrogens (tertiary/aromatic N) is 2. The minimum Gasteiger partial charge on any atom is -0.349 e. The molecule has 0 aromatic carbocycles. The van der Waals surface area contributed by atoms with Crippen LogP contribution in [-0.4, -0.2) is 34.2 Å². The molecule has 2 aliphatic rings. The number of rotatable bonds is 4. The first-order valence-electron chi connectivity index (χ1n) is 7.46. The Labute approximate surface area is 122 Å². The topological polar surface area (TPSA) is 59.0 Å². The van der Waals surface area contributed by atoms with Crippen LogP contribution < -0.4 is 10.6 Å². The van der Waals surface area contributed by atoms with Crippen LogP contribution in [0, 0.1) is 0 Å². The van der Waals surface area contributed by atoms with Crippen molar-refractivity contribution in [3.63, 3.8) is 0 Å². The summed E-state index contributed by atoms with van der Waals surface area (Å²) < 4.78 is 28.0. The minimum absolute atomic E-state index is 0.280. The molecule has 0 bridgehead atoms. The van der Waals surface area contributed by atoms with Crippen molar-refractivity contribution >= 4 is 5.91 Å². The van der Waals surface area contributed by atoms with E-state index in [0.29, 0.717) is 6.04 Å². The third-order valence-corrected chi connectivity index (χ3v) is 4.23. The zero-order valence-electron chi connectivity index (χ0n) is 11.8. The Kier molecular flexibility index (Phi) is 3.93. The largest absolute Gasteiger partial charge is 0.349 e. The maximum absolute atomic E-state index is 13.0. The number of nitrogens with one attached hydrogen (secondary N) is 2. The van der Waals surface area contributed by atoms with E-state index < -0.39 is 24.9 Å². The van der Waals surface area contributed by atoms with Gasteiger partial charge < -0.3 is 5.32 Å². The molecule has 1 saturated carbocycles. The van der Waals surface area contributed by atoms with Crippen molar-refractivity contribution in [2.24, 2.45) is 0 Å². The van der Waals surface area contributed by atoms with E-state index in [1.165, 1.54) is 12.8 Å². The lowest BCUT2D eigenvalue weighted by molar-refractivity contribution is -0.123. The maximum atomic E-state index is 13.0. The smallest absolute Gasteiger partial charge is 0.262 e. The number of halogens is 2. The van der Waals surface area contributed by atoms with E-state index in [1.807, 2.05) is 16.9 Å². The van der Waals surface area contributed by atoms with E-state index in [9.17, 15) is 13.6 Å². The summed E-state index contributed by atoms with van der Waals surface area (Å²) in [6, 6.07) is 1.52. The maximum Gasteiger partial charge on any atom is 0.262 e. The summed E-state index contributed by atoms with van der Waals surface area (Å²) in [5, 5.41) is 9.67. The van der Waals surface area contributed by atoms with Crippen LogP contribution in [0.1, 0.15) is 43.8 Å². The van der Waals surface area contributed by atoms with E-state index >= 15 is 0 Å². The number of amides is 1. The second-order valence-corrected chi connectivity index (χ2v) is 5.94. The van der Waals surface area contributed by atoms with Crippen molar-refractivity contribution in [1.82, 2.24) is 20.4 Å². The fraction of sp³-hybridized carbons (Fsp3) is 0.714. The Hall–Kier alpha value is -1.50. The fourth-order valence-corrected chi connectivity index (χ4v) is 3.05. The molecule has 1 unspecified atom stereocenters. The Bertz CT molecular complexity index is 511. The normalized spacial score (nSPS) is 25.3. The second-order valence-electron chi connectivity index (χ2n) is 5.94. The SMILES string of the molecule is O=C(NCc1ccn(C2CCCC2)n1)C1CC(F)(F)CN1. The highest BCUT2D eigenvalue weighted by molar-refractivity contribution is 5.82. The second kappa shape index (κ2) is 5.71. The predicted molar refractivity (Wildman–Crippen MR) is 72.9 cm³/mol. The lowest BCUT2D eigenvalue weighted by Crippen LogP contribution is -2.40. The molecule has 2 N–H and O–H groups in total. The van der Waals surface area contributed by atoms with Gasteiger partial charge in [-0.2, -0.15) is 5.10 Å². The molecule has 5 nitrogen and oxygen atoms in total. The molecule has 1 aliphatic carbocycles. The molecule has 2 heterocycles. The van der Waals surface area contributed by atoms with E-state index in [1.54, 1.807) is 0 Å². The third kappa shape index (κ3) is 3.40. The highest BCUT2D eigenvalue weighted by atomic mass is 19.3. The molecule has 1 aromatic heterocycles. The summed E-state index contributed by atoms with van der Waals surface area (Å²) >= 11 is 0. The molecule has 1 atom stereocenters. The number of hydrogen-bond acceptors (Lipinski definition) is 3. The molecule has 1 saturated heterocycles. The minimum atomic E-state index is -2.79. The Morgan fingerprint density at radius 3 is 2.90 bits per heavy atom. The van der Waals surface area contributed by atoms with Crippen molar-refractivity contribution in [2.75, 3.05) is 6.54 Å². The zero-order valence-corrected chi connectivity index (χ0v) is 11.8. The van der Waals surface area contributed by atoms with Crippen LogP contribution in [0.25, 0.3) is 0 Å². The van der Waals surface area contributed by atoms with Gasteiger partial charge in [-0.15, -0.1) is 0 Å². The van der Waals surface area contributed by atoms with Crippen molar-refractivity contribution in [3.05, 3.63) is 18.0 Å². The molecule has 3 rings (SSSR count). The first-order valence-corrected chi connectivity index (χ1v) is 7.46. The summed E-state index contributed by atoms with van der Waals surface area (Å²) in [4.78, 5) is 11.8. The summed E-state index contributed by atoms with van der Waals surface area (Å²) in [5.41, 5.74) is 0.764. The van der Waals surface area contributed by atoms with Crippen LogP contribution >= 0.6 is 0 Å². The number of carbonyl (C=O) groups excluding carboxylic acids is 1. The van der Waals surface area contributed by atoms with Crippen LogP contribution in [0.3, 0.4) is 0 Å². The Morgan fingerprint density at radius 1 is 1.48 bits per heavy atom. The average molecular weight is 298 g/mol. The van der Waals surface area contributed by atoms with Gasteiger partial charge in [0.05, 0.1) is 30.9 Å². The van der Waals surface area contributed by atoms with Gasteiger partial charge in [0.25, 0.3) is 5.92 Å². The molecular formula is C14H20F2N4O. The monoisotopic (exact) mass is 298 g/mol. The molecule has 1 aliphatic heterocycles. The van der Waals surface area contributed by atoms with Gasteiger partial charge in [0, 0.05) is 12.6 Å². The number of carbonyl (C=O) groups is 1. The summed E-state index contributed by atoms with van der Waals surface area (Å²) in [5.74, 6) is -3.17. The van der Waals surface area contributed by atoms with Gasteiger partial charge in [0.2, 0.25) is 5.91 Å². The average Bonchev–Trinajstić information content (AvgIpc) is 3.15. The summed E-state index contributed by atoms with van der Waals surface area (Å²) in [6.45, 7) is -0.149. The van der Waals surface area contributed by atoms with Crippen LogP contribution in [0.4, 0.5) is 8.78 Å². The van der Waals surface area contributed by atoms with Gasteiger partial charge in [-0.25, -0.2) is 8.78 Å². The standard InChI is InChI=1S/C14H20F2N4O/c15-14(16)7-12(18-9-14)13(21)17-8-10-5-6-20(19-10)11-3-1-2-4-11/h5-6,11-12,18H,1-4,7-9H2,(H,17,21). The van der Waals surface area contributed by atoms with Crippen molar-refractivity contribution < 1.29 is 13.6 Å². The van der Waals surface area contributed by atoms with E-state index in [-0.39, 0.29) is 12.5 Å². The van der Waals surface area contributed by atoms with E-state index in [0.717, 1.165) is 18.5 Å². The Morgan fingerprint density at radius 2 is 2.24 bits per heavy atom. The lowest BCUT2D eigenvalue weighted by atomic mass is 10.2. The third-order valence-electron chi connectivity index (χ3n) is 4.23. The van der Waals surface area contributed by atoms with Gasteiger partial charge in [-0.05, 0) is 18.9 Å². The molecule has 21 heavy (non-hydrogen) atoms. The van der Waals surface area contributed by atoms with Crippen LogP contribution in [0.5, 0.6) is 0 Å². The zero-order chi connectivity index (χ0) is 14.9. The number of hydrogen-bond donors (Lipinski definition) is 2. The molecule has 0 radical (unpaired) electrons. The molecule has 116 valence electrons. The highest BCUT2D eigenvalue weighted by Gasteiger charge is 2.42. The van der Waals surface area contributed by atoms with Gasteiger partial charge >= 0.3 is 0 Å². The molecule has 0 spiro atoms.